The van der Waals surface area contributed by atoms with Crippen LogP contribution >= 0.6 is 0 Å². The fraction of sp³-hybridized carbons (Fsp3) is 0.480. The van der Waals surface area contributed by atoms with E-state index in [0.717, 1.165) is 80.5 Å². The van der Waals surface area contributed by atoms with Crippen molar-refractivity contribution in [3.63, 3.8) is 0 Å². The molecule has 2 amide bonds. The van der Waals surface area contributed by atoms with Crippen LogP contribution in [-0.4, -0.2) is 24.9 Å². The van der Waals surface area contributed by atoms with E-state index in [1.54, 1.807) is 0 Å². The summed E-state index contributed by atoms with van der Waals surface area (Å²) in [5, 5.41) is 4.13. The molecule has 0 unspecified atom stereocenters. The number of carbonyl (C=O) groups excluding carboxylic acids is 2. The number of nitrogens with zero attached hydrogens (tertiary/aromatic N) is 2. The summed E-state index contributed by atoms with van der Waals surface area (Å²) in [6.07, 6.45) is 25.2. The van der Waals surface area contributed by atoms with Crippen LogP contribution in [0.4, 0.5) is 11.4 Å². The van der Waals surface area contributed by atoms with Gasteiger partial charge < -0.3 is 9.80 Å². The van der Waals surface area contributed by atoms with Gasteiger partial charge in [-0.05, 0) is 24.0 Å². The molecule has 0 saturated heterocycles. The van der Waals surface area contributed by atoms with E-state index in [0.29, 0.717) is 13.1 Å². The Morgan fingerprint density at radius 2 is 0.685 bits per heavy atom. The molecule has 0 spiro atoms. The number of hydrogen-bond donors (Lipinski definition) is 0. The maximum atomic E-state index is 14.4. The van der Waals surface area contributed by atoms with Crippen LogP contribution in [0, 0.1) is 0 Å². The van der Waals surface area contributed by atoms with Crippen LogP contribution in [0.2, 0.25) is 0 Å². The second kappa shape index (κ2) is 20.5. The largest absolute Gasteiger partial charge is 0.307 e. The first-order valence-electron chi connectivity index (χ1n) is 21.7. The van der Waals surface area contributed by atoms with Gasteiger partial charge in [0.05, 0.1) is 22.5 Å². The molecule has 4 aromatic rings. The Morgan fingerprint density at radius 1 is 0.370 bits per heavy atom. The van der Waals surface area contributed by atoms with Crippen molar-refractivity contribution >= 4 is 45.1 Å². The number of rotatable bonds is 24. The number of amides is 2. The second-order valence-corrected chi connectivity index (χ2v) is 15.8. The second-order valence-electron chi connectivity index (χ2n) is 15.8. The molecule has 0 saturated carbocycles. The predicted molar refractivity (Wildman–Crippen MR) is 229 cm³/mol. The predicted octanol–water partition coefficient (Wildman–Crippen LogP) is 11.8. The van der Waals surface area contributed by atoms with Crippen molar-refractivity contribution < 1.29 is 9.59 Å². The van der Waals surface area contributed by atoms with Gasteiger partial charge in [0.15, 0.2) is 0 Å². The number of carbonyl (C=O) groups is 2. The molecule has 2 aliphatic rings. The molecule has 0 N–H and O–H groups in total. The lowest BCUT2D eigenvalue weighted by atomic mass is 9.99. The highest BCUT2D eigenvalue weighted by Crippen LogP contribution is 2.38. The highest BCUT2D eigenvalue weighted by Gasteiger charge is 2.35. The zero-order valence-corrected chi connectivity index (χ0v) is 33.4. The molecule has 286 valence electrons. The number of benzene rings is 4. The molecule has 4 heteroatoms. The normalized spacial score (nSPS) is 13.8. The average Bonchev–Trinajstić information content (AvgIpc) is 3.65. The number of anilines is 2. The lowest BCUT2D eigenvalue weighted by molar-refractivity contribution is -0.113. The summed E-state index contributed by atoms with van der Waals surface area (Å²) in [6.45, 7) is 5.96. The van der Waals surface area contributed by atoms with E-state index in [-0.39, 0.29) is 11.8 Å². The molecule has 2 aliphatic heterocycles. The molecule has 0 radical (unpaired) electrons. The van der Waals surface area contributed by atoms with Gasteiger partial charge in [-0.2, -0.15) is 0 Å². The van der Waals surface area contributed by atoms with Crippen molar-refractivity contribution in [1.82, 2.24) is 0 Å². The molecule has 4 aromatic carbocycles. The Bertz CT molecular complexity index is 1800. The minimum Gasteiger partial charge on any atom is -0.307 e. The van der Waals surface area contributed by atoms with E-state index in [1.165, 1.54) is 103 Å². The van der Waals surface area contributed by atoms with Crippen molar-refractivity contribution in [3.8, 4) is 0 Å². The van der Waals surface area contributed by atoms with Gasteiger partial charge in [-0.3, -0.25) is 9.59 Å². The molecule has 4 nitrogen and oxygen atoms in total. The highest BCUT2D eigenvalue weighted by atomic mass is 16.2. The Balaban J connectivity index is 1.27. The summed E-state index contributed by atoms with van der Waals surface area (Å²) in [5.41, 5.74) is 5.52. The zero-order chi connectivity index (χ0) is 37.5. The van der Waals surface area contributed by atoms with E-state index in [2.05, 4.69) is 72.2 Å². The van der Waals surface area contributed by atoms with E-state index in [4.69, 9.17) is 0 Å². The minimum absolute atomic E-state index is 0.0926. The van der Waals surface area contributed by atoms with Gasteiger partial charge in [0.25, 0.3) is 11.8 Å². The van der Waals surface area contributed by atoms with Crippen LogP contribution in [0.1, 0.15) is 153 Å². The van der Waals surface area contributed by atoms with E-state index < -0.39 is 0 Å². The first kappa shape index (κ1) is 39.5. The summed E-state index contributed by atoms with van der Waals surface area (Å²) in [5.74, 6) is 0.185. The molecule has 0 aromatic heterocycles. The Kier molecular flexibility index (Phi) is 15.0. The maximum Gasteiger partial charge on any atom is 0.259 e. The van der Waals surface area contributed by atoms with Gasteiger partial charge in [-0.1, -0.05) is 214 Å². The summed E-state index contributed by atoms with van der Waals surface area (Å²) in [6, 6.07) is 29.0. The van der Waals surface area contributed by atoms with E-state index in [9.17, 15) is 9.59 Å². The summed E-state index contributed by atoms with van der Waals surface area (Å²) < 4.78 is 0. The van der Waals surface area contributed by atoms with Crippen molar-refractivity contribution in [2.24, 2.45) is 0 Å². The molecule has 54 heavy (non-hydrogen) atoms. The van der Waals surface area contributed by atoms with Crippen LogP contribution in [0.5, 0.6) is 0 Å². The van der Waals surface area contributed by atoms with Crippen molar-refractivity contribution in [3.05, 3.63) is 106 Å². The molecule has 0 atom stereocenters. The Labute approximate surface area is 325 Å². The summed E-state index contributed by atoms with van der Waals surface area (Å²) >= 11 is 0. The van der Waals surface area contributed by atoms with Crippen molar-refractivity contribution in [2.75, 3.05) is 22.9 Å². The quantitative estimate of drug-likeness (QED) is 0.0675. The molecule has 0 bridgehead atoms. The molecular formula is C50H64N2O2. The van der Waals surface area contributed by atoms with Gasteiger partial charge in [0.2, 0.25) is 0 Å². The van der Waals surface area contributed by atoms with Gasteiger partial charge in [-0.15, -0.1) is 0 Å². The van der Waals surface area contributed by atoms with E-state index in [1.807, 2.05) is 36.4 Å². The lowest BCUT2D eigenvalue weighted by Gasteiger charge is -2.23. The molecular weight excluding hydrogens is 661 g/mol. The minimum atomic E-state index is 0.0926. The van der Waals surface area contributed by atoms with Crippen LogP contribution in [0.25, 0.3) is 21.9 Å². The molecule has 2 heterocycles. The monoisotopic (exact) mass is 724 g/mol. The topological polar surface area (TPSA) is 40.6 Å². The number of fused-ring (bicyclic) bond motifs is 5. The highest BCUT2D eigenvalue weighted by molar-refractivity contribution is 6.34. The van der Waals surface area contributed by atoms with Gasteiger partial charge in [0, 0.05) is 34.3 Å². The third-order valence-electron chi connectivity index (χ3n) is 11.7. The van der Waals surface area contributed by atoms with Crippen LogP contribution in [0.3, 0.4) is 0 Å². The lowest BCUT2D eigenvalue weighted by Crippen LogP contribution is -2.30. The van der Waals surface area contributed by atoms with Crippen LogP contribution in [-0.2, 0) is 9.59 Å². The smallest absolute Gasteiger partial charge is 0.259 e. The third kappa shape index (κ3) is 9.36. The SMILES string of the molecule is CCCCCCCCCCCCN1C(=O)C(c2ccccc2)=c2ccc3c4c(ccc3c21)=C(c1ccccc1)C(=O)N4CCCCCCCCCCCC. The summed E-state index contributed by atoms with van der Waals surface area (Å²) in [4.78, 5) is 33.0. The Morgan fingerprint density at radius 3 is 1.02 bits per heavy atom. The first-order valence-corrected chi connectivity index (χ1v) is 21.7. The molecule has 6 rings (SSSR count). The van der Waals surface area contributed by atoms with Crippen LogP contribution < -0.4 is 20.2 Å². The van der Waals surface area contributed by atoms with Crippen molar-refractivity contribution in [2.45, 2.75) is 142 Å². The summed E-state index contributed by atoms with van der Waals surface area (Å²) in [7, 11) is 0. The van der Waals surface area contributed by atoms with Crippen molar-refractivity contribution in [1.29, 1.82) is 0 Å². The average molecular weight is 725 g/mol. The van der Waals surface area contributed by atoms with Gasteiger partial charge in [0.1, 0.15) is 0 Å². The van der Waals surface area contributed by atoms with E-state index >= 15 is 0 Å². The van der Waals surface area contributed by atoms with Gasteiger partial charge >= 0.3 is 0 Å². The van der Waals surface area contributed by atoms with Gasteiger partial charge in [-0.25, -0.2) is 0 Å². The Hall–Kier alpha value is -4.18. The third-order valence-corrected chi connectivity index (χ3v) is 11.7. The first-order chi connectivity index (χ1) is 26.7. The molecule has 0 fully saturated rings. The number of unbranched alkanes of at least 4 members (excludes halogenated alkanes) is 18. The number of hydrogen-bond acceptors (Lipinski definition) is 2. The maximum absolute atomic E-state index is 14.4. The molecule has 0 aliphatic carbocycles. The standard InChI is InChI=1S/C50H64N2O2/c1-3-5-7-9-11-13-15-17-19-27-37-51-47-41-33-36-44-46(40-31-25-22-26-32-40)50(54)52(38-28-20-18-16-14-12-10-8-6-4-2)48(44)42(41)34-35-43(47)45(49(51)53)39-29-23-21-24-30-39/h21-26,29-36H,3-20,27-28,37-38H2,1-2H3. The van der Waals surface area contributed by atoms with Crippen LogP contribution in [0.15, 0.2) is 84.9 Å². The zero-order valence-electron chi connectivity index (χ0n) is 33.4. The fourth-order valence-corrected chi connectivity index (χ4v) is 8.77. The fourth-order valence-electron chi connectivity index (χ4n) is 8.77.